The van der Waals surface area contributed by atoms with Crippen LogP contribution in [0.15, 0.2) is 52.2 Å². The van der Waals surface area contributed by atoms with E-state index < -0.39 is 0 Å². The normalized spacial score (nSPS) is 25.3. The van der Waals surface area contributed by atoms with Crippen LogP contribution < -0.4 is 5.32 Å². The molecule has 0 saturated carbocycles. The molecule has 4 heterocycles. The number of ether oxygens (including phenoxy) is 2. The Kier molecular flexibility index (Phi) is 6.54. The minimum atomic E-state index is -0.375. The number of Topliss-reactive ketones (excluding diaryl/α,β-unsaturated/α-hetero) is 1. The lowest BCUT2D eigenvalue weighted by Gasteiger charge is -2.36. The maximum Gasteiger partial charge on any atom is 0.336 e. The van der Waals surface area contributed by atoms with E-state index >= 15 is 0 Å². The Morgan fingerprint density at radius 1 is 1.24 bits per heavy atom. The highest BCUT2D eigenvalue weighted by molar-refractivity contribution is 7.12. The standard InChI is InChI=1S/C26H29NO4S2/c1-3-18-8-9-22(33-18)25-23(26(29)31-14-17-6-4-10-30-17)15(2)27-19-12-16(13-20(28)24(19)25)21-7-5-11-32-21/h5,7-9,11,16-17,25,27H,3-4,6,10,12-14H2,1-2H3/t16-,17-,25-/m1/s1. The van der Waals surface area contributed by atoms with Gasteiger partial charge in [-0.25, -0.2) is 4.79 Å². The van der Waals surface area contributed by atoms with Gasteiger partial charge in [-0.3, -0.25) is 4.79 Å². The number of carbonyl (C=O) groups excluding carboxylic acids is 2. The van der Waals surface area contributed by atoms with Gasteiger partial charge in [-0.2, -0.15) is 0 Å². The van der Waals surface area contributed by atoms with Crippen molar-refractivity contribution >= 4 is 34.4 Å². The maximum atomic E-state index is 13.6. The molecule has 1 aliphatic carbocycles. The molecule has 2 aromatic rings. The summed E-state index contributed by atoms with van der Waals surface area (Å²) in [5.74, 6) is -0.428. The fraction of sp³-hybridized carbons (Fsp3) is 0.462. The zero-order valence-electron chi connectivity index (χ0n) is 19.0. The first-order chi connectivity index (χ1) is 16.0. The third-order valence-corrected chi connectivity index (χ3v) is 9.06. The zero-order valence-corrected chi connectivity index (χ0v) is 20.7. The van der Waals surface area contributed by atoms with Crippen LogP contribution in [0.1, 0.15) is 66.0 Å². The van der Waals surface area contributed by atoms with Gasteiger partial charge in [-0.05, 0) is 56.2 Å². The number of dihydropyridines is 1. The number of thiophene rings is 2. The van der Waals surface area contributed by atoms with Crippen molar-refractivity contribution in [3.63, 3.8) is 0 Å². The van der Waals surface area contributed by atoms with Crippen LogP contribution >= 0.6 is 22.7 Å². The number of hydrogen-bond donors (Lipinski definition) is 1. The molecule has 1 fully saturated rings. The number of hydrogen-bond acceptors (Lipinski definition) is 7. The third kappa shape index (κ3) is 4.46. The van der Waals surface area contributed by atoms with E-state index in [1.807, 2.05) is 13.0 Å². The first-order valence-electron chi connectivity index (χ1n) is 11.7. The molecule has 0 unspecified atom stereocenters. The topological polar surface area (TPSA) is 64.6 Å². The second kappa shape index (κ2) is 9.57. The summed E-state index contributed by atoms with van der Waals surface area (Å²) in [6.45, 7) is 5.03. The summed E-state index contributed by atoms with van der Waals surface area (Å²) in [7, 11) is 0. The van der Waals surface area contributed by atoms with Gasteiger partial charge in [0.2, 0.25) is 0 Å². The molecule has 0 spiro atoms. The highest BCUT2D eigenvalue weighted by Crippen LogP contribution is 2.47. The van der Waals surface area contributed by atoms with Gasteiger partial charge in [0.05, 0.1) is 17.6 Å². The van der Waals surface area contributed by atoms with Crippen LogP contribution in [-0.2, 0) is 25.5 Å². The maximum absolute atomic E-state index is 13.6. The smallest absolute Gasteiger partial charge is 0.336 e. The number of esters is 1. The molecule has 5 rings (SSSR count). The molecule has 3 aliphatic rings. The summed E-state index contributed by atoms with van der Waals surface area (Å²) in [4.78, 5) is 30.4. The molecular weight excluding hydrogens is 454 g/mol. The summed E-state index contributed by atoms with van der Waals surface area (Å²) < 4.78 is 11.4. The fourth-order valence-electron chi connectivity index (χ4n) is 5.08. The lowest BCUT2D eigenvalue weighted by molar-refractivity contribution is -0.142. The van der Waals surface area contributed by atoms with Crippen LogP contribution in [0.25, 0.3) is 0 Å². The fourth-order valence-corrected chi connectivity index (χ4v) is 6.98. The third-order valence-electron chi connectivity index (χ3n) is 6.73. The molecule has 0 radical (unpaired) electrons. The molecule has 2 aromatic heterocycles. The highest BCUT2D eigenvalue weighted by atomic mass is 32.1. The Labute approximate surface area is 202 Å². The van der Waals surface area contributed by atoms with Crippen molar-refractivity contribution in [2.24, 2.45) is 0 Å². The van der Waals surface area contributed by atoms with Gasteiger partial charge < -0.3 is 14.8 Å². The van der Waals surface area contributed by atoms with E-state index in [2.05, 4.69) is 35.8 Å². The molecular formula is C26H29NO4S2. The molecule has 3 atom stereocenters. The van der Waals surface area contributed by atoms with Crippen LogP contribution in [0.2, 0.25) is 0 Å². The van der Waals surface area contributed by atoms with Crippen LogP contribution in [0, 0.1) is 0 Å². The molecule has 174 valence electrons. The molecule has 0 amide bonds. The molecule has 5 nitrogen and oxygen atoms in total. The second-order valence-corrected chi connectivity index (χ2v) is 11.1. The first-order valence-corrected chi connectivity index (χ1v) is 13.4. The van der Waals surface area contributed by atoms with Gasteiger partial charge in [0, 0.05) is 50.5 Å². The van der Waals surface area contributed by atoms with Crippen molar-refractivity contribution in [3.8, 4) is 0 Å². The van der Waals surface area contributed by atoms with E-state index in [1.54, 1.807) is 22.7 Å². The average Bonchev–Trinajstić information content (AvgIpc) is 3.59. The van der Waals surface area contributed by atoms with E-state index in [1.165, 1.54) is 9.75 Å². The number of carbonyl (C=O) groups is 2. The number of nitrogens with one attached hydrogen (secondary N) is 1. The largest absolute Gasteiger partial charge is 0.459 e. The molecule has 33 heavy (non-hydrogen) atoms. The van der Waals surface area contributed by atoms with Crippen molar-refractivity contribution in [2.45, 2.75) is 63.9 Å². The van der Waals surface area contributed by atoms with E-state index in [9.17, 15) is 9.59 Å². The van der Waals surface area contributed by atoms with Crippen molar-refractivity contribution < 1.29 is 19.1 Å². The monoisotopic (exact) mass is 483 g/mol. The van der Waals surface area contributed by atoms with Gasteiger partial charge in [0.1, 0.15) is 6.61 Å². The van der Waals surface area contributed by atoms with Crippen molar-refractivity contribution in [2.75, 3.05) is 13.2 Å². The average molecular weight is 484 g/mol. The van der Waals surface area contributed by atoms with Gasteiger partial charge in [0.15, 0.2) is 5.78 Å². The number of aryl methyl sites for hydroxylation is 1. The van der Waals surface area contributed by atoms with Crippen molar-refractivity contribution in [3.05, 3.63) is 66.8 Å². The van der Waals surface area contributed by atoms with Crippen molar-refractivity contribution in [1.29, 1.82) is 0 Å². The van der Waals surface area contributed by atoms with Gasteiger partial charge in [0.25, 0.3) is 0 Å². The quantitative estimate of drug-likeness (QED) is 0.553. The van der Waals surface area contributed by atoms with Gasteiger partial charge >= 0.3 is 5.97 Å². The van der Waals surface area contributed by atoms with E-state index in [0.717, 1.165) is 54.1 Å². The van der Waals surface area contributed by atoms with Crippen LogP contribution in [-0.4, -0.2) is 31.1 Å². The minimum Gasteiger partial charge on any atom is -0.459 e. The number of allylic oxidation sites excluding steroid dienone is 3. The minimum absolute atomic E-state index is 0.0315. The first kappa shape index (κ1) is 22.6. The van der Waals surface area contributed by atoms with E-state index in [-0.39, 0.29) is 36.3 Å². The Balaban J connectivity index is 1.49. The van der Waals surface area contributed by atoms with Crippen molar-refractivity contribution in [1.82, 2.24) is 5.32 Å². The van der Waals surface area contributed by atoms with E-state index in [4.69, 9.17) is 9.47 Å². The Hall–Kier alpha value is -2.22. The summed E-state index contributed by atoms with van der Waals surface area (Å²) in [5.41, 5.74) is 3.03. The number of rotatable bonds is 6. The zero-order chi connectivity index (χ0) is 22.9. The summed E-state index contributed by atoms with van der Waals surface area (Å²) >= 11 is 3.38. The second-order valence-electron chi connectivity index (χ2n) is 8.92. The molecule has 1 saturated heterocycles. The predicted molar refractivity (Wildman–Crippen MR) is 131 cm³/mol. The molecule has 0 bridgehead atoms. The molecule has 0 aromatic carbocycles. The SMILES string of the molecule is CCc1ccc([C@@H]2C(C(=O)OC[C@H]3CCCO3)=C(C)NC3=C2C(=O)C[C@H](c2cccs2)C3)s1. The molecule has 1 N–H and O–H groups in total. The molecule has 2 aliphatic heterocycles. The Morgan fingerprint density at radius 3 is 2.82 bits per heavy atom. The Morgan fingerprint density at radius 2 is 2.12 bits per heavy atom. The number of ketones is 1. The van der Waals surface area contributed by atoms with Gasteiger partial charge in [-0.15, -0.1) is 22.7 Å². The van der Waals surface area contributed by atoms with Crippen LogP contribution in [0.5, 0.6) is 0 Å². The lowest BCUT2D eigenvalue weighted by Crippen LogP contribution is -2.36. The van der Waals surface area contributed by atoms with Crippen LogP contribution in [0.3, 0.4) is 0 Å². The predicted octanol–water partition coefficient (Wildman–Crippen LogP) is 5.46. The summed E-state index contributed by atoms with van der Waals surface area (Å²) in [6, 6.07) is 8.33. The Bertz CT molecular complexity index is 1110. The van der Waals surface area contributed by atoms with Gasteiger partial charge in [-0.1, -0.05) is 13.0 Å². The van der Waals surface area contributed by atoms with Crippen LogP contribution in [0.4, 0.5) is 0 Å². The van der Waals surface area contributed by atoms with E-state index in [0.29, 0.717) is 12.0 Å². The summed E-state index contributed by atoms with van der Waals surface area (Å²) in [5, 5.41) is 5.50. The summed E-state index contributed by atoms with van der Waals surface area (Å²) in [6.07, 6.45) is 4.06. The lowest BCUT2D eigenvalue weighted by atomic mass is 9.74. The molecule has 7 heteroatoms. The highest BCUT2D eigenvalue weighted by Gasteiger charge is 2.42.